The largest absolute Gasteiger partial charge is 0.332 e. The Morgan fingerprint density at radius 1 is 0.906 bits per heavy atom. The molecule has 2 rings (SSSR count). The minimum atomic E-state index is -0.0483. The van der Waals surface area contributed by atoms with Gasteiger partial charge in [-0.2, -0.15) is 0 Å². The molecule has 0 atom stereocenters. The second kappa shape index (κ2) is 15.0. The Balaban J connectivity index is 1.56. The number of hydrogen-bond donors (Lipinski definition) is 3. The highest BCUT2D eigenvalue weighted by Crippen LogP contribution is 2.31. The van der Waals surface area contributed by atoms with Crippen molar-refractivity contribution in [3.05, 3.63) is 23.8 Å². The molecular weight excluding hydrogens is 418 g/mol. The minimum absolute atomic E-state index is 0.0483. The molecule has 0 bridgehead atoms. The topological polar surface area (TPSA) is 70.2 Å². The van der Waals surface area contributed by atoms with Gasteiger partial charge >= 0.3 is 0 Å². The monoisotopic (exact) mass is 459 g/mol. The normalized spacial score (nSPS) is 12.9. The van der Waals surface area contributed by atoms with E-state index >= 15 is 0 Å². The molecule has 0 unspecified atom stereocenters. The molecule has 1 saturated carbocycles. The fourth-order valence-corrected chi connectivity index (χ4v) is 3.95. The summed E-state index contributed by atoms with van der Waals surface area (Å²) in [6, 6.07) is 5.68. The highest BCUT2D eigenvalue weighted by Gasteiger charge is 2.29. The lowest BCUT2D eigenvalue weighted by Crippen LogP contribution is -2.33. The molecule has 2 amide bonds. The van der Waals surface area contributed by atoms with E-state index in [0.717, 1.165) is 42.6 Å². The quantitative estimate of drug-likeness (QED) is 0.198. The molecule has 6 heteroatoms. The average molecular weight is 460 g/mol. The second-order valence-electron chi connectivity index (χ2n) is 9.08. The molecule has 1 aromatic rings. The molecule has 1 aromatic carbocycles. The number of unbranched alkanes of at least 4 members (excludes halogenated alkanes) is 10. The fourth-order valence-electron chi connectivity index (χ4n) is 3.72. The molecule has 1 aliphatic rings. The van der Waals surface area contributed by atoms with Crippen molar-refractivity contribution in [2.75, 3.05) is 10.6 Å². The molecule has 0 aliphatic heterocycles. The SMILES string of the molecule is CCCCCCCCCCCCCC(=O)NC(=S)Nc1ccc(C)c(NC(=O)C2CC2)c1. The van der Waals surface area contributed by atoms with Crippen molar-refractivity contribution in [1.29, 1.82) is 0 Å². The first-order valence-corrected chi connectivity index (χ1v) is 12.9. The maximum Gasteiger partial charge on any atom is 0.227 e. The van der Waals surface area contributed by atoms with Crippen molar-refractivity contribution in [2.24, 2.45) is 5.92 Å². The van der Waals surface area contributed by atoms with E-state index in [-0.39, 0.29) is 17.7 Å². The van der Waals surface area contributed by atoms with Crippen LogP contribution in [-0.4, -0.2) is 16.9 Å². The van der Waals surface area contributed by atoms with Gasteiger partial charge in [-0.15, -0.1) is 0 Å². The van der Waals surface area contributed by atoms with E-state index in [9.17, 15) is 9.59 Å². The zero-order chi connectivity index (χ0) is 23.2. The van der Waals surface area contributed by atoms with Crippen LogP contribution >= 0.6 is 12.2 Å². The van der Waals surface area contributed by atoms with Gasteiger partial charge in [-0.05, 0) is 56.1 Å². The second-order valence-corrected chi connectivity index (χ2v) is 9.49. The van der Waals surface area contributed by atoms with E-state index in [1.807, 2.05) is 25.1 Å². The van der Waals surface area contributed by atoms with E-state index in [2.05, 4.69) is 22.9 Å². The zero-order valence-electron chi connectivity index (χ0n) is 19.9. The van der Waals surface area contributed by atoms with Gasteiger partial charge in [0.2, 0.25) is 11.8 Å². The Bertz CT molecular complexity index is 747. The molecule has 3 N–H and O–H groups in total. The first-order chi connectivity index (χ1) is 15.5. The smallest absolute Gasteiger partial charge is 0.227 e. The number of carbonyl (C=O) groups is 2. The molecule has 178 valence electrons. The number of carbonyl (C=O) groups excluding carboxylic acids is 2. The van der Waals surface area contributed by atoms with Crippen molar-refractivity contribution < 1.29 is 9.59 Å². The molecule has 5 nitrogen and oxygen atoms in total. The summed E-state index contributed by atoms with van der Waals surface area (Å²) in [6.45, 7) is 4.21. The van der Waals surface area contributed by atoms with Crippen molar-refractivity contribution in [3.8, 4) is 0 Å². The zero-order valence-corrected chi connectivity index (χ0v) is 20.8. The summed E-state index contributed by atoms with van der Waals surface area (Å²) in [6.07, 6.45) is 16.3. The minimum Gasteiger partial charge on any atom is -0.332 e. The van der Waals surface area contributed by atoms with Crippen LogP contribution in [0.2, 0.25) is 0 Å². The molecule has 0 saturated heterocycles. The number of benzene rings is 1. The van der Waals surface area contributed by atoms with Crippen LogP contribution in [0.15, 0.2) is 18.2 Å². The number of amides is 2. The average Bonchev–Trinajstić information content (AvgIpc) is 3.60. The van der Waals surface area contributed by atoms with Crippen LogP contribution in [0.1, 0.15) is 102 Å². The molecule has 0 heterocycles. The van der Waals surface area contributed by atoms with Gasteiger partial charge < -0.3 is 16.0 Å². The van der Waals surface area contributed by atoms with Gasteiger partial charge in [-0.25, -0.2) is 0 Å². The number of aryl methyl sites for hydroxylation is 1. The van der Waals surface area contributed by atoms with Gasteiger partial charge in [0, 0.05) is 23.7 Å². The lowest BCUT2D eigenvalue weighted by atomic mass is 10.1. The third-order valence-corrected chi connectivity index (χ3v) is 6.17. The number of hydrogen-bond acceptors (Lipinski definition) is 3. The van der Waals surface area contributed by atoms with E-state index in [4.69, 9.17) is 12.2 Å². The van der Waals surface area contributed by atoms with Gasteiger partial charge in [0.1, 0.15) is 0 Å². The van der Waals surface area contributed by atoms with Crippen molar-refractivity contribution in [1.82, 2.24) is 5.32 Å². The summed E-state index contributed by atoms with van der Waals surface area (Å²) in [5.41, 5.74) is 2.53. The van der Waals surface area contributed by atoms with Crippen LogP contribution in [-0.2, 0) is 9.59 Å². The number of anilines is 2. The standard InChI is InChI=1S/C26H41N3O2S/c1-3-4-5-6-7-8-9-10-11-12-13-14-24(30)29-26(32)27-22-18-15-20(2)23(19-22)28-25(31)21-16-17-21/h15,18-19,21H,3-14,16-17H2,1-2H3,(H,28,31)(H2,27,29,30,32). The molecule has 0 aromatic heterocycles. The van der Waals surface area contributed by atoms with Crippen LogP contribution in [0.3, 0.4) is 0 Å². The molecular formula is C26H41N3O2S. The Labute approximate surface area is 199 Å². The number of nitrogens with one attached hydrogen (secondary N) is 3. The lowest BCUT2D eigenvalue weighted by Gasteiger charge is -2.13. The maximum atomic E-state index is 12.2. The van der Waals surface area contributed by atoms with Gasteiger partial charge in [-0.3, -0.25) is 9.59 Å². The highest BCUT2D eigenvalue weighted by atomic mass is 32.1. The van der Waals surface area contributed by atoms with E-state index in [1.165, 1.54) is 57.8 Å². The number of thiocarbonyl (C=S) groups is 1. The molecule has 1 fully saturated rings. The van der Waals surface area contributed by atoms with Crippen molar-refractivity contribution in [2.45, 2.75) is 104 Å². The van der Waals surface area contributed by atoms with Gasteiger partial charge in [-0.1, -0.05) is 77.2 Å². The Kier molecular flexibility index (Phi) is 12.3. The fraction of sp³-hybridized carbons (Fsp3) is 0.654. The lowest BCUT2D eigenvalue weighted by molar-refractivity contribution is -0.120. The molecule has 1 aliphatic carbocycles. The Morgan fingerprint density at radius 2 is 1.50 bits per heavy atom. The predicted octanol–water partition coefficient (Wildman–Crippen LogP) is 6.86. The number of rotatable bonds is 15. The van der Waals surface area contributed by atoms with Crippen molar-refractivity contribution >= 4 is 40.5 Å². The third kappa shape index (κ3) is 11.1. The van der Waals surface area contributed by atoms with Crippen LogP contribution in [0, 0.1) is 12.8 Å². The van der Waals surface area contributed by atoms with Gasteiger partial charge in [0.05, 0.1) is 0 Å². The van der Waals surface area contributed by atoms with E-state index in [1.54, 1.807) is 0 Å². The molecule has 0 radical (unpaired) electrons. The summed E-state index contributed by atoms with van der Waals surface area (Å²) in [5, 5.41) is 9.08. The summed E-state index contributed by atoms with van der Waals surface area (Å²) < 4.78 is 0. The van der Waals surface area contributed by atoms with Crippen LogP contribution in [0.5, 0.6) is 0 Å². The first-order valence-electron chi connectivity index (χ1n) is 12.5. The third-order valence-electron chi connectivity index (χ3n) is 5.96. The van der Waals surface area contributed by atoms with Crippen LogP contribution in [0.25, 0.3) is 0 Å². The van der Waals surface area contributed by atoms with Gasteiger partial charge in [0.15, 0.2) is 5.11 Å². The molecule has 32 heavy (non-hydrogen) atoms. The van der Waals surface area contributed by atoms with Crippen LogP contribution < -0.4 is 16.0 Å². The van der Waals surface area contributed by atoms with Gasteiger partial charge in [0.25, 0.3) is 0 Å². The predicted molar refractivity (Wildman–Crippen MR) is 138 cm³/mol. The Morgan fingerprint density at radius 3 is 2.09 bits per heavy atom. The van der Waals surface area contributed by atoms with Crippen molar-refractivity contribution in [3.63, 3.8) is 0 Å². The first kappa shape index (κ1) is 26.3. The van der Waals surface area contributed by atoms with E-state index < -0.39 is 0 Å². The highest BCUT2D eigenvalue weighted by molar-refractivity contribution is 7.80. The Hall–Kier alpha value is -1.95. The maximum absolute atomic E-state index is 12.2. The van der Waals surface area contributed by atoms with Crippen LogP contribution in [0.4, 0.5) is 11.4 Å². The van der Waals surface area contributed by atoms with E-state index in [0.29, 0.717) is 11.5 Å². The summed E-state index contributed by atoms with van der Waals surface area (Å²) in [5.74, 6) is 0.183. The summed E-state index contributed by atoms with van der Waals surface area (Å²) in [4.78, 5) is 24.2. The summed E-state index contributed by atoms with van der Waals surface area (Å²) in [7, 11) is 0. The molecule has 0 spiro atoms. The summed E-state index contributed by atoms with van der Waals surface area (Å²) >= 11 is 5.28.